The molecule has 2 rings (SSSR count). The van der Waals surface area contributed by atoms with Gasteiger partial charge in [-0.2, -0.15) is 0 Å². The Balaban J connectivity index is 2.22. The number of carbonyl (C=O) groups excluding carboxylic acids is 2. The predicted molar refractivity (Wildman–Crippen MR) is 72.9 cm³/mol. The standard InChI is InChI=1S/C15H15NO3/c1-10(16-11(2)17)15(18)19-14-9-5-7-12-6-3-4-8-13(12)14/h3-10H,1-2H3,(H,16,17)/t10-/m0/s1. The Morgan fingerprint density at radius 3 is 2.53 bits per heavy atom. The molecule has 1 amide bonds. The summed E-state index contributed by atoms with van der Waals surface area (Å²) >= 11 is 0. The van der Waals surface area contributed by atoms with Crippen LogP contribution in [0.25, 0.3) is 10.8 Å². The van der Waals surface area contributed by atoms with Crippen molar-refractivity contribution in [1.82, 2.24) is 5.32 Å². The summed E-state index contributed by atoms with van der Waals surface area (Å²) in [6.45, 7) is 2.95. The summed E-state index contributed by atoms with van der Waals surface area (Å²) < 4.78 is 5.34. The number of carbonyl (C=O) groups is 2. The molecule has 0 radical (unpaired) electrons. The van der Waals surface area contributed by atoms with Gasteiger partial charge in [-0.1, -0.05) is 36.4 Å². The summed E-state index contributed by atoms with van der Waals surface area (Å²) in [6.07, 6.45) is 0. The van der Waals surface area contributed by atoms with Crippen LogP contribution in [-0.2, 0) is 9.59 Å². The maximum Gasteiger partial charge on any atom is 0.333 e. The minimum absolute atomic E-state index is 0.262. The zero-order valence-electron chi connectivity index (χ0n) is 10.8. The third-order valence-corrected chi connectivity index (χ3v) is 2.73. The van der Waals surface area contributed by atoms with E-state index in [1.165, 1.54) is 6.92 Å². The Morgan fingerprint density at radius 2 is 1.79 bits per heavy atom. The van der Waals surface area contributed by atoms with Crippen molar-refractivity contribution in [3.8, 4) is 5.75 Å². The van der Waals surface area contributed by atoms with Crippen LogP contribution >= 0.6 is 0 Å². The van der Waals surface area contributed by atoms with Crippen molar-refractivity contribution in [3.63, 3.8) is 0 Å². The molecule has 2 aromatic carbocycles. The van der Waals surface area contributed by atoms with E-state index in [-0.39, 0.29) is 5.91 Å². The lowest BCUT2D eigenvalue weighted by Crippen LogP contribution is -2.39. The van der Waals surface area contributed by atoms with Gasteiger partial charge in [-0.25, -0.2) is 4.79 Å². The van der Waals surface area contributed by atoms with Crippen molar-refractivity contribution in [2.45, 2.75) is 19.9 Å². The van der Waals surface area contributed by atoms with E-state index in [1.54, 1.807) is 13.0 Å². The number of fused-ring (bicyclic) bond motifs is 1. The Bertz CT molecular complexity index is 616. The van der Waals surface area contributed by atoms with Gasteiger partial charge in [-0.15, -0.1) is 0 Å². The fraction of sp³-hybridized carbons (Fsp3) is 0.200. The highest BCUT2D eigenvalue weighted by Crippen LogP contribution is 2.25. The first-order valence-corrected chi connectivity index (χ1v) is 6.04. The lowest BCUT2D eigenvalue weighted by Gasteiger charge is -2.13. The van der Waals surface area contributed by atoms with E-state index in [0.717, 1.165) is 10.8 Å². The molecule has 0 aliphatic rings. The molecule has 2 aromatic rings. The summed E-state index contributed by atoms with van der Waals surface area (Å²) in [6, 6.07) is 12.5. The lowest BCUT2D eigenvalue weighted by atomic mass is 10.1. The topological polar surface area (TPSA) is 55.4 Å². The molecule has 0 saturated carbocycles. The molecule has 1 N–H and O–H groups in total. The third kappa shape index (κ3) is 3.10. The van der Waals surface area contributed by atoms with Crippen LogP contribution in [0.2, 0.25) is 0 Å². The molecule has 0 unspecified atom stereocenters. The van der Waals surface area contributed by atoms with E-state index in [0.29, 0.717) is 5.75 Å². The first-order chi connectivity index (χ1) is 9.08. The number of benzene rings is 2. The van der Waals surface area contributed by atoms with Gasteiger partial charge in [0.25, 0.3) is 0 Å². The maximum absolute atomic E-state index is 11.9. The van der Waals surface area contributed by atoms with Crippen LogP contribution < -0.4 is 10.1 Å². The highest BCUT2D eigenvalue weighted by Gasteiger charge is 2.16. The lowest BCUT2D eigenvalue weighted by molar-refractivity contribution is -0.138. The van der Waals surface area contributed by atoms with Gasteiger partial charge < -0.3 is 10.1 Å². The molecule has 19 heavy (non-hydrogen) atoms. The van der Waals surface area contributed by atoms with Gasteiger partial charge in [0.15, 0.2) is 0 Å². The van der Waals surface area contributed by atoms with E-state index in [1.807, 2.05) is 36.4 Å². The molecule has 0 heterocycles. The average Bonchev–Trinajstić information content (AvgIpc) is 2.38. The number of ether oxygens (including phenoxy) is 1. The van der Waals surface area contributed by atoms with Gasteiger partial charge in [0.05, 0.1) is 0 Å². The molecule has 0 aliphatic heterocycles. The van der Waals surface area contributed by atoms with Gasteiger partial charge in [0.2, 0.25) is 5.91 Å². The van der Waals surface area contributed by atoms with Gasteiger partial charge in [-0.05, 0) is 18.4 Å². The number of rotatable bonds is 3. The summed E-state index contributed by atoms with van der Waals surface area (Å²) in [7, 11) is 0. The molecular weight excluding hydrogens is 242 g/mol. The maximum atomic E-state index is 11.9. The number of hydrogen-bond donors (Lipinski definition) is 1. The zero-order valence-corrected chi connectivity index (χ0v) is 10.8. The van der Waals surface area contributed by atoms with Gasteiger partial charge in [0.1, 0.15) is 11.8 Å². The van der Waals surface area contributed by atoms with Crippen molar-refractivity contribution >= 4 is 22.6 Å². The van der Waals surface area contributed by atoms with Crippen LogP contribution in [0.1, 0.15) is 13.8 Å². The number of hydrogen-bond acceptors (Lipinski definition) is 3. The van der Waals surface area contributed by atoms with Crippen molar-refractivity contribution in [3.05, 3.63) is 42.5 Å². The molecule has 0 aliphatic carbocycles. The first kappa shape index (κ1) is 13.1. The van der Waals surface area contributed by atoms with Crippen LogP contribution in [0.4, 0.5) is 0 Å². The third-order valence-electron chi connectivity index (χ3n) is 2.73. The van der Waals surface area contributed by atoms with E-state index >= 15 is 0 Å². The van der Waals surface area contributed by atoms with E-state index < -0.39 is 12.0 Å². The van der Waals surface area contributed by atoms with Crippen LogP contribution in [0.3, 0.4) is 0 Å². The van der Waals surface area contributed by atoms with Crippen LogP contribution in [0, 0.1) is 0 Å². The predicted octanol–water partition coefficient (Wildman–Crippen LogP) is 2.27. The highest BCUT2D eigenvalue weighted by molar-refractivity contribution is 5.91. The van der Waals surface area contributed by atoms with Crippen LogP contribution in [0.15, 0.2) is 42.5 Å². The SMILES string of the molecule is CC(=O)N[C@@H](C)C(=O)Oc1cccc2ccccc12. The molecule has 0 fully saturated rings. The van der Waals surface area contributed by atoms with E-state index in [2.05, 4.69) is 5.32 Å². The van der Waals surface area contributed by atoms with Gasteiger partial charge >= 0.3 is 5.97 Å². The van der Waals surface area contributed by atoms with Crippen molar-refractivity contribution in [2.24, 2.45) is 0 Å². The van der Waals surface area contributed by atoms with E-state index in [4.69, 9.17) is 4.74 Å². The summed E-state index contributed by atoms with van der Waals surface area (Å²) in [5.41, 5.74) is 0. The quantitative estimate of drug-likeness (QED) is 0.678. The van der Waals surface area contributed by atoms with Gasteiger partial charge in [0, 0.05) is 12.3 Å². The monoisotopic (exact) mass is 257 g/mol. The molecule has 0 saturated heterocycles. The Morgan fingerprint density at radius 1 is 1.11 bits per heavy atom. The first-order valence-electron chi connectivity index (χ1n) is 6.04. The summed E-state index contributed by atoms with van der Waals surface area (Å²) in [4.78, 5) is 22.8. The fourth-order valence-electron chi connectivity index (χ4n) is 1.85. The fourth-order valence-corrected chi connectivity index (χ4v) is 1.85. The molecule has 0 aromatic heterocycles. The zero-order chi connectivity index (χ0) is 13.8. The normalized spacial score (nSPS) is 11.9. The van der Waals surface area contributed by atoms with Crippen LogP contribution in [0.5, 0.6) is 5.75 Å². The largest absolute Gasteiger partial charge is 0.424 e. The molecular formula is C15H15NO3. The Labute approximate surface area is 111 Å². The summed E-state index contributed by atoms with van der Waals surface area (Å²) in [5.74, 6) is -0.241. The number of nitrogens with one attached hydrogen (secondary N) is 1. The number of esters is 1. The number of amides is 1. The molecule has 1 atom stereocenters. The smallest absolute Gasteiger partial charge is 0.333 e. The van der Waals surface area contributed by atoms with Crippen molar-refractivity contribution < 1.29 is 14.3 Å². The molecule has 98 valence electrons. The highest BCUT2D eigenvalue weighted by atomic mass is 16.5. The van der Waals surface area contributed by atoms with Crippen LogP contribution in [-0.4, -0.2) is 17.9 Å². The second-order valence-electron chi connectivity index (χ2n) is 4.32. The average molecular weight is 257 g/mol. The second-order valence-corrected chi connectivity index (χ2v) is 4.32. The molecule has 0 bridgehead atoms. The molecule has 4 heteroatoms. The Kier molecular flexibility index (Phi) is 3.80. The molecule has 4 nitrogen and oxygen atoms in total. The minimum atomic E-state index is -0.670. The van der Waals surface area contributed by atoms with Crippen molar-refractivity contribution in [1.29, 1.82) is 0 Å². The molecule has 0 spiro atoms. The van der Waals surface area contributed by atoms with Gasteiger partial charge in [-0.3, -0.25) is 4.79 Å². The van der Waals surface area contributed by atoms with Crippen molar-refractivity contribution in [2.75, 3.05) is 0 Å². The Hall–Kier alpha value is -2.36. The second kappa shape index (κ2) is 5.52. The minimum Gasteiger partial charge on any atom is -0.424 e. The summed E-state index contributed by atoms with van der Waals surface area (Å²) in [5, 5.41) is 4.37. The van der Waals surface area contributed by atoms with E-state index in [9.17, 15) is 9.59 Å².